The van der Waals surface area contributed by atoms with Gasteiger partial charge in [0.05, 0.1) is 20.1 Å². The van der Waals surface area contributed by atoms with Gasteiger partial charge in [0.15, 0.2) is 0 Å². The van der Waals surface area contributed by atoms with E-state index in [2.05, 4.69) is 5.32 Å². The van der Waals surface area contributed by atoms with Crippen molar-refractivity contribution in [2.24, 2.45) is 11.8 Å². The fourth-order valence-electron chi connectivity index (χ4n) is 3.25. The van der Waals surface area contributed by atoms with Gasteiger partial charge in [-0.05, 0) is 30.9 Å². The van der Waals surface area contributed by atoms with Crippen LogP contribution in [0.25, 0.3) is 0 Å². The van der Waals surface area contributed by atoms with E-state index in [1.54, 1.807) is 23.1 Å². The first kappa shape index (κ1) is 21.5. The summed E-state index contributed by atoms with van der Waals surface area (Å²) in [6, 6.07) is 4.04. The molecule has 0 saturated carbocycles. The van der Waals surface area contributed by atoms with Crippen LogP contribution in [0.15, 0.2) is 18.2 Å². The van der Waals surface area contributed by atoms with Gasteiger partial charge in [-0.3, -0.25) is 14.4 Å². The number of likely N-dealkylation sites (tertiary alicyclic amines) is 1. The highest BCUT2D eigenvalue weighted by Crippen LogP contribution is 2.23. The minimum Gasteiger partial charge on any atom is -0.497 e. The molecule has 2 rings (SSSR count). The van der Waals surface area contributed by atoms with Crippen LogP contribution in [0, 0.1) is 11.8 Å². The van der Waals surface area contributed by atoms with E-state index in [1.807, 2.05) is 13.8 Å². The molecule has 1 saturated heterocycles. The molecular formula is C20H28N2O6. The highest BCUT2D eigenvalue weighted by Gasteiger charge is 2.34. The van der Waals surface area contributed by atoms with Crippen molar-refractivity contribution in [3.63, 3.8) is 0 Å². The summed E-state index contributed by atoms with van der Waals surface area (Å²) in [5.74, 6) is -1.36. The van der Waals surface area contributed by atoms with Crippen LogP contribution in [0.5, 0.6) is 11.5 Å². The number of hydrogen-bond acceptors (Lipinski definition) is 5. The lowest BCUT2D eigenvalue weighted by molar-refractivity contribution is -0.146. The third kappa shape index (κ3) is 5.15. The van der Waals surface area contributed by atoms with Gasteiger partial charge >= 0.3 is 5.97 Å². The number of ether oxygens (including phenoxy) is 2. The number of aliphatic carboxylic acids is 1. The van der Waals surface area contributed by atoms with E-state index in [0.29, 0.717) is 36.4 Å². The number of rotatable bonds is 7. The van der Waals surface area contributed by atoms with Gasteiger partial charge < -0.3 is 24.8 Å². The number of methoxy groups -OCH3 is 2. The number of piperidine rings is 1. The summed E-state index contributed by atoms with van der Waals surface area (Å²) in [5, 5.41) is 12.0. The van der Waals surface area contributed by atoms with Crippen molar-refractivity contribution in [1.29, 1.82) is 0 Å². The number of carbonyl (C=O) groups excluding carboxylic acids is 2. The predicted octanol–water partition coefficient (Wildman–Crippen LogP) is 1.78. The summed E-state index contributed by atoms with van der Waals surface area (Å²) in [5.41, 5.74) is 0.316. The highest BCUT2D eigenvalue weighted by atomic mass is 16.5. The number of nitrogens with one attached hydrogen (secondary N) is 1. The van der Waals surface area contributed by atoms with Crippen molar-refractivity contribution >= 4 is 17.8 Å². The Labute approximate surface area is 164 Å². The molecule has 1 fully saturated rings. The lowest BCUT2D eigenvalue weighted by Gasteiger charge is -2.34. The molecule has 1 aromatic carbocycles. The summed E-state index contributed by atoms with van der Waals surface area (Å²) in [6.07, 6.45) is 1.19. The van der Waals surface area contributed by atoms with Crippen LogP contribution in [0.4, 0.5) is 0 Å². The van der Waals surface area contributed by atoms with Crippen LogP contribution in [0.1, 0.15) is 37.0 Å². The third-order valence-electron chi connectivity index (χ3n) is 4.92. The topological polar surface area (TPSA) is 105 Å². The maximum Gasteiger partial charge on any atom is 0.308 e. The minimum atomic E-state index is -0.897. The molecule has 1 aliphatic rings. The third-order valence-corrected chi connectivity index (χ3v) is 4.92. The van der Waals surface area contributed by atoms with Crippen LogP contribution in [0.2, 0.25) is 0 Å². The van der Waals surface area contributed by atoms with Gasteiger partial charge in [-0.2, -0.15) is 0 Å². The normalized spacial score (nSPS) is 17.8. The van der Waals surface area contributed by atoms with Crippen LogP contribution in [0.3, 0.4) is 0 Å². The van der Waals surface area contributed by atoms with Crippen molar-refractivity contribution in [3.05, 3.63) is 23.8 Å². The van der Waals surface area contributed by atoms with Gasteiger partial charge in [-0.15, -0.1) is 0 Å². The SMILES string of the molecule is COc1cc(OC)cc(C(=O)NC(C(=O)N2CCCC(C(=O)O)C2)C(C)C)c1. The van der Waals surface area contributed by atoms with Crippen molar-refractivity contribution in [3.8, 4) is 11.5 Å². The van der Waals surface area contributed by atoms with Gasteiger partial charge in [-0.25, -0.2) is 0 Å². The average Bonchev–Trinajstić information content (AvgIpc) is 2.70. The molecule has 2 atom stereocenters. The van der Waals surface area contributed by atoms with Gasteiger partial charge in [0.2, 0.25) is 5.91 Å². The summed E-state index contributed by atoms with van der Waals surface area (Å²) < 4.78 is 10.4. The number of amides is 2. The zero-order chi connectivity index (χ0) is 20.8. The Morgan fingerprint density at radius 3 is 2.25 bits per heavy atom. The molecule has 28 heavy (non-hydrogen) atoms. The Hall–Kier alpha value is -2.77. The van der Waals surface area contributed by atoms with Crippen molar-refractivity contribution in [2.75, 3.05) is 27.3 Å². The zero-order valence-electron chi connectivity index (χ0n) is 16.7. The Bertz CT molecular complexity index is 711. The predicted molar refractivity (Wildman–Crippen MR) is 103 cm³/mol. The molecule has 154 valence electrons. The van der Waals surface area contributed by atoms with E-state index in [1.165, 1.54) is 14.2 Å². The molecule has 8 heteroatoms. The Morgan fingerprint density at radius 2 is 1.75 bits per heavy atom. The van der Waals surface area contributed by atoms with E-state index in [-0.39, 0.29) is 18.4 Å². The van der Waals surface area contributed by atoms with E-state index in [0.717, 1.165) is 0 Å². The van der Waals surface area contributed by atoms with E-state index in [4.69, 9.17) is 9.47 Å². The molecule has 2 amide bonds. The van der Waals surface area contributed by atoms with Gasteiger partial charge in [0.25, 0.3) is 5.91 Å². The van der Waals surface area contributed by atoms with E-state index >= 15 is 0 Å². The molecule has 0 aliphatic carbocycles. The first-order chi connectivity index (χ1) is 13.3. The van der Waals surface area contributed by atoms with Crippen LogP contribution < -0.4 is 14.8 Å². The molecule has 1 aromatic rings. The molecule has 1 heterocycles. The van der Waals surface area contributed by atoms with Crippen molar-refractivity contribution in [2.45, 2.75) is 32.7 Å². The Kier molecular flexibility index (Phi) is 7.25. The van der Waals surface area contributed by atoms with Crippen molar-refractivity contribution < 1.29 is 29.0 Å². The lowest BCUT2D eigenvalue weighted by Crippen LogP contribution is -2.54. The summed E-state index contributed by atoms with van der Waals surface area (Å²) in [7, 11) is 2.98. The highest BCUT2D eigenvalue weighted by molar-refractivity contribution is 5.98. The van der Waals surface area contributed by atoms with Crippen LogP contribution >= 0.6 is 0 Å². The molecule has 8 nitrogen and oxygen atoms in total. The molecule has 2 unspecified atom stereocenters. The van der Waals surface area contributed by atoms with Gasteiger partial charge in [-0.1, -0.05) is 13.8 Å². The quantitative estimate of drug-likeness (QED) is 0.733. The average molecular weight is 392 g/mol. The Balaban J connectivity index is 2.17. The number of hydrogen-bond donors (Lipinski definition) is 2. The van der Waals surface area contributed by atoms with E-state index < -0.39 is 23.8 Å². The summed E-state index contributed by atoms with van der Waals surface area (Å²) >= 11 is 0. The minimum absolute atomic E-state index is 0.158. The molecular weight excluding hydrogens is 364 g/mol. The maximum absolute atomic E-state index is 13.0. The van der Waals surface area contributed by atoms with Crippen LogP contribution in [-0.2, 0) is 9.59 Å². The number of carboxylic acids is 1. The van der Waals surface area contributed by atoms with Crippen molar-refractivity contribution in [1.82, 2.24) is 10.2 Å². The summed E-state index contributed by atoms with van der Waals surface area (Å²) in [4.78, 5) is 38.6. The molecule has 0 radical (unpaired) electrons. The Morgan fingerprint density at radius 1 is 1.14 bits per heavy atom. The van der Waals surface area contributed by atoms with Crippen LogP contribution in [-0.4, -0.2) is 61.1 Å². The lowest BCUT2D eigenvalue weighted by atomic mass is 9.95. The zero-order valence-corrected chi connectivity index (χ0v) is 16.7. The van der Waals surface area contributed by atoms with Gasteiger partial charge in [0, 0.05) is 24.7 Å². The number of nitrogens with zero attached hydrogens (tertiary/aromatic N) is 1. The number of carbonyl (C=O) groups is 3. The maximum atomic E-state index is 13.0. The standard InChI is InChI=1S/C20H28N2O6/c1-12(2)17(19(24)22-7-5-6-13(11-22)20(25)26)21-18(23)14-8-15(27-3)10-16(9-14)28-4/h8-10,12-13,17H,5-7,11H2,1-4H3,(H,21,23)(H,25,26). The number of carboxylic acid groups (broad SMARTS) is 1. The summed E-state index contributed by atoms with van der Waals surface area (Å²) in [6.45, 7) is 4.34. The largest absolute Gasteiger partial charge is 0.497 e. The molecule has 0 bridgehead atoms. The number of benzene rings is 1. The molecule has 2 N–H and O–H groups in total. The second-order valence-corrected chi connectivity index (χ2v) is 7.26. The smallest absolute Gasteiger partial charge is 0.308 e. The molecule has 1 aliphatic heterocycles. The first-order valence-electron chi connectivity index (χ1n) is 9.32. The molecule has 0 aromatic heterocycles. The fraction of sp³-hybridized carbons (Fsp3) is 0.550. The second kappa shape index (κ2) is 9.43. The molecule has 0 spiro atoms. The van der Waals surface area contributed by atoms with E-state index in [9.17, 15) is 19.5 Å². The second-order valence-electron chi connectivity index (χ2n) is 7.26. The monoisotopic (exact) mass is 392 g/mol. The first-order valence-corrected chi connectivity index (χ1v) is 9.32. The van der Waals surface area contributed by atoms with Gasteiger partial charge in [0.1, 0.15) is 17.5 Å². The fourth-order valence-corrected chi connectivity index (χ4v) is 3.25.